The van der Waals surface area contributed by atoms with Crippen molar-refractivity contribution in [3.8, 4) is 0 Å². The molecule has 0 aromatic carbocycles. The minimum Gasteiger partial charge on any atom is -0.312 e. The summed E-state index contributed by atoms with van der Waals surface area (Å²) in [5.74, 6) is 2.41. The molecule has 0 spiro atoms. The molecule has 3 aliphatic rings. The molecule has 4 unspecified atom stereocenters. The van der Waals surface area contributed by atoms with Gasteiger partial charge in [0, 0.05) is 12.7 Å². The van der Waals surface area contributed by atoms with Crippen molar-refractivity contribution in [2.75, 3.05) is 6.26 Å². The van der Waals surface area contributed by atoms with Crippen LogP contribution in [0, 0.1) is 23.2 Å². The van der Waals surface area contributed by atoms with Gasteiger partial charge < -0.3 is 4.18 Å². The van der Waals surface area contributed by atoms with Crippen LogP contribution in [-0.4, -0.2) is 12.4 Å². The summed E-state index contributed by atoms with van der Waals surface area (Å²) in [6, 6.07) is 0. The fourth-order valence-corrected chi connectivity index (χ4v) is 6.40. The normalized spacial score (nSPS) is 31.9. The molecule has 1 nitrogen and oxygen atoms in total. The SMILES string of the molecule is C=C1CCC(OSC)C/C1=C\C=C1/CCCC2(C)C(C/C=C/CC(C)C)CCC12.CC.CC. The maximum atomic E-state index is 5.82. The van der Waals surface area contributed by atoms with Gasteiger partial charge in [0.15, 0.2) is 0 Å². The van der Waals surface area contributed by atoms with Gasteiger partial charge >= 0.3 is 0 Å². The molecule has 0 aromatic heterocycles. The monoisotopic (exact) mass is 474 g/mol. The van der Waals surface area contributed by atoms with E-state index < -0.39 is 0 Å². The highest BCUT2D eigenvalue weighted by atomic mass is 32.2. The molecule has 0 heterocycles. The lowest BCUT2D eigenvalue weighted by molar-refractivity contribution is 0.137. The van der Waals surface area contributed by atoms with E-state index in [-0.39, 0.29) is 0 Å². The van der Waals surface area contributed by atoms with Gasteiger partial charge in [-0.05, 0) is 98.6 Å². The van der Waals surface area contributed by atoms with Gasteiger partial charge in [-0.25, -0.2) is 0 Å². The van der Waals surface area contributed by atoms with Gasteiger partial charge in [0.1, 0.15) is 0 Å². The summed E-state index contributed by atoms with van der Waals surface area (Å²) < 4.78 is 5.82. The molecule has 3 rings (SSSR count). The fraction of sp³-hybridized carbons (Fsp3) is 0.742. The van der Waals surface area contributed by atoms with Crippen molar-refractivity contribution in [3.63, 3.8) is 0 Å². The van der Waals surface area contributed by atoms with Crippen LogP contribution in [0.1, 0.15) is 113 Å². The van der Waals surface area contributed by atoms with Gasteiger partial charge in [0.25, 0.3) is 0 Å². The number of rotatable bonds is 7. The van der Waals surface area contributed by atoms with Crippen LogP contribution in [0.25, 0.3) is 0 Å². The average Bonchev–Trinajstić information content (AvgIpc) is 3.16. The van der Waals surface area contributed by atoms with Crippen molar-refractivity contribution in [1.82, 2.24) is 0 Å². The third kappa shape index (κ3) is 8.77. The second-order valence-electron chi connectivity index (χ2n) is 10.2. The quantitative estimate of drug-likeness (QED) is 0.268. The Morgan fingerprint density at radius 1 is 1.06 bits per heavy atom. The van der Waals surface area contributed by atoms with Gasteiger partial charge in [-0.1, -0.05) is 90.5 Å². The zero-order valence-electron chi connectivity index (χ0n) is 23.2. The van der Waals surface area contributed by atoms with E-state index in [9.17, 15) is 0 Å². The van der Waals surface area contributed by atoms with Crippen LogP contribution in [0.5, 0.6) is 0 Å². The molecular weight excluding hydrogens is 420 g/mol. The van der Waals surface area contributed by atoms with Crippen molar-refractivity contribution >= 4 is 12.0 Å². The molecule has 33 heavy (non-hydrogen) atoms. The molecular formula is C31H54OS. The summed E-state index contributed by atoms with van der Waals surface area (Å²) >= 11 is 1.50. The highest BCUT2D eigenvalue weighted by Gasteiger charge is 2.48. The van der Waals surface area contributed by atoms with Crippen molar-refractivity contribution < 1.29 is 4.18 Å². The summed E-state index contributed by atoms with van der Waals surface area (Å²) in [5.41, 5.74) is 4.95. The predicted octanol–water partition coefficient (Wildman–Crippen LogP) is 10.5. The second-order valence-corrected chi connectivity index (χ2v) is 10.7. The Morgan fingerprint density at radius 2 is 1.79 bits per heavy atom. The van der Waals surface area contributed by atoms with Gasteiger partial charge in [-0.3, -0.25) is 0 Å². The number of hydrogen-bond acceptors (Lipinski definition) is 2. The first-order chi connectivity index (χ1) is 15.9. The molecule has 3 aliphatic carbocycles. The van der Waals surface area contributed by atoms with Crippen molar-refractivity contribution in [2.24, 2.45) is 23.2 Å². The molecule has 3 saturated carbocycles. The summed E-state index contributed by atoms with van der Waals surface area (Å²) in [7, 11) is 0. The van der Waals surface area contributed by atoms with Crippen LogP contribution >= 0.6 is 12.0 Å². The minimum atomic E-state index is 0.352. The number of fused-ring (bicyclic) bond motifs is 1. The average molecular weight is 475 g/mol. The smallest absolute Gasteiger partial charge is 0.0765 e. The van der Waals surface area contributed by atoms with Crippen LogP contribution in [-0.2, 0) is 4.18 Å². The molecule has 0 saturated heterocycles. The van der Waals surface area contributed by atoms with E-state index in [2.05, 4.69) is 51.7 Å². The maximum absolute atomic E-state index is 5.82. The van der Waals surface area contributed by atoms with Gasteiger partial charge in [0.2, 0.25) is 0 Å². The summed E-state index contributed by atoms with van der Waals surface area (Å²) in [4.78, 5) is 0. The Labute approximate surface area is 211 Å². The van der Waals surface area contributed by atoms with Gasteiger partial charge in [-0.15, -0.1) is 0 Å². The van der Waals surface area contributed by atoms with E-state index in [0.717, 1.165) is 37.0 Å². The highest BCUT2D eigenvalue weighted by Crippen LogP contribution is 2.58. The topological polar surface area (TPSA) is 9.23 Å². The first kappa shape index (κ1) is 30.3. The first-order valence-corrected chi connectivity index (χ1v) is 15.0. The van der Waals surface area contributed by atoms with Crippen LogP contribution in [0.2, 0.25) is 0 Å². The van der Waals surface area contributed by atoms with Crippen molar-refractivity contribution in [1.29, 1.82) is 0 Å². The van der Waals surface area contributed by atoms with Crippen LogP contribution in [0.4, 0.5) is 0 Å². The van der Waals surface area contributed by atoms with Gasteiger partial charge in [-0.2, -0.15) is 0 Å². The molecule has 0 bridgehead atoms. The minimum absolute atomic E-state index is 0.352. The van der Waals surface area contributed by atoms with E-state index in [1.165, 1.54) is 68.1 Å². The summed E-state index contributed by atoms with van der Waals surface area (Å²) in [5, 5.41) is 0. The molecule has 0 N–H and O–H groups in total. The summed E-state index contributed by atoms with van der Waals surface area (Å²) in [6.07, 6.45) is 24.7. The van der Waals surface area contributed by atoms with Crippen LogP contribution in [0.3, 0.4) is 0 Å². The van der Waals surface area contributed by atoms with E-state index in [1.54, 1.807) is 5.57 Å². The molecule has 190 valence electrons. The van der Waals surface area contributed by atoms with E-state index >= 15 is 0 Å². The summed E-state index contributed by atoms with van der Waals surface area (Å²) in [6.45, 7) is 19.5. The number of hydrogen-bond donors (Lipinski definition) is 0. The Morgan fingerprint density at radius 3 is 2.45 bits per heavy atom. The standard InChI is InChI=1S/C27H42OS.2C2H6/c1-20(2)9-6-7-11-24-15-17-26-22(10-8-18-27(24,26)4)13-14-23-19-25(28-29-5)16-12-21(23)3;2*1-2/h6-7,13-14,20,24-26H,3,8-12,15-19H2,1-2,4-5H3;2*1-2H3/b7-6+,22-13+,23-14+;;. The van der Waals surface area contributed by atoms with E-state index in [0.29, 0.717) is 11.5 Å². The zero-order valence-corrected chi connectivity index (χ0v) is 24.0. The van der Waals surface area contributed by atoms with E-state index in [4.69, 9.17) is 4.18 Å². The molecule has 4 atom stereocenters. The van der Waals surface area contributed by atoms with Crippen molar-refractivity contribution in [3.05, 3.63) is 47.6 Å². The lowest BCUT2D eigenvalue weighted by Crippen LogP contribution is -2.33. The molecule has 0 amide bonds. The first-order valence-electron chi connectivity index (χ1n) is 13.9. The van der Waals surface area contributed by atoms with Gasteiger partial charge in [0.05, 0.1) is 6.10 Å². The van der Waals surface area contributed by atoms with Crippen LogP contribution in [0.15, 0.2) is 47.6 Å². The molecule has 3 fully saturated rings. The fourth-order valence-electron chi connectivity index (χ4n) is 5.96. The maximum Gasteiger partial charge on any atom is 0.0765 e. The Bertz CT molecular complexity index is 656. The number of allylic oxidation sites excluding steroid dienone is 6. The highest BCUT2D eigenvalue weighted by molar-refractivity contribution is 7.93. The van der Waals surface area contributed by atoms with E-state index in [1.807, 2.05) is 34.0 Å². The third-order valence-electron chi connectivity index (χ3n) is 7.76. The Balaban J connectivity index is 0.00000129. The lowest BCUT2D eigenvalue weighted by atomic mass is 9.63. The molecule has 0 aromatic rings. The molecule has 0 radical (unpaired) electrons. The predicted molar refractivity (Wildman–Crippen MR) is 152 cm³/mol. The molecule has 0 aliphatic heterocycles. The Kier molecular flexibility index (Phi) is 14.7. The molecule has 2 heteroatoms. The largest absolute Gasteiger partial charge is 0.312 e. The second kappa shape index (κ2) is 16.0. The van der Waals surface area contributed by atoms with Crippen LogP contribution < -0.4 is 0 Å². The lowest BCUT2D eigenvalue weighted by Gasteiger charge is -2.42. The Hall–Kier alpha value is -0.730. The third-order valence-corrected chi connectivity index (χ3v) is 8.22. The zero-order chi connectivity index (χ0) is 24.9. The van der Waals surface area contributed by atoms with Crippen molar-refractivity contribution in [2.45, 2.75) is 119 Å².